The van der Waals surface area contributed by atoms with Gasteiger partial charge in [0.25, 0.3) is 5.91 Å². The molecule has 0 fully saturated rings. The van der Waals surface area contributed by atoms with Crippen molar-refractivity contribution >= 4 is 23.5 Å². The van der Waals surface area contributed by atoms with E-state index in [0.29, 0.717) is 31.1 Å². The average Bonchev–Trinajstić information content (AvgIpc) is 2.78. The quantitative estimate of drug-likeness (QED) is 0.648. The summed E-state index contributed by atoms with van der Waals surface area (Å²) in [6, 6.07) is 4.77. The number of benzene rings is 1. The summed E-state index contributed by atoms with van der Waals surface area (Å²) in [6.07, 6.45) is 0.908. The first kappa shape index (κ1) is 16.9. The first-order valence-electron chi connectivity index (χ1n) is 7.01. The van der Waals surface area contributed by atoms with Crippen LogP contribution in [0.15, 0.2) is 12.1 Å². The highest BCUT2D eigenvalue weighted by atomic mass is 35.5. The zero-order valence-electron chi connectivity index (χ0n) is 12.3. The molecule has 1 aromatic carbocycles. The molecule has 1 aliphatic heterocycles. The molecule has 0 radical (unpaired) electrons. The zero-order valence-corrected chi connectivity index (χ0v) is 13.0. The predicted octanol–water partition coefficient (Wildman–Crippen LogP) is 1.69. The lowest BCUT2D eigenvalue weighted by Gasteiger charge is -2.11. The lowest BCUT2D eigenvalue weighted by Crippen LogP contribution is -2.29. The number of nitriles is 1. The minimum absolute atomic E-state index is 0.170. The molecule has 2 rings (SSSR count). The SMILES string of the molecule is N#CCCNC(=O)COC(=O)c1cc(Cl)c2c(c1)OCCCO2. The second-order valence-electron chi connectivity index (χ2n) is 4.67. The van der Waals surface area contributed by atoms with E-state index in [1.165, 1.54) is 12.1 Å². The summed E-state index contributed by atoms with van der Waals surface area (Å²) < 4.78 is 15.9. The van der Waals surface area contributed by atoms with Crippen LogP contribution in [0.4, 0.5) is 0 Å². The molecule has 0 aromatic heterocycles. The van der Waals surface area contributed by atoms with E-state index in [1.54, 1.807) is 0 Å². The van der Waals surface area contributed by atoms with E-state index in [0.717, 1.165) is 0 Å². The molecule has 0 atom stereocenters. The van der Waals surface area contributed by atoms with Crippen LogP contribution in [0.2, 0.25) is 5.02 Å². The Morgan fingerprint density at radius 2 is 2.13 bits per heavy atom. The number of fused-ring (bicyclic) bond motifs is 1. The number of nitrogens with one attached hydrogen (secondary N) is 1. The van der Waals surface area contributed by atoms with Crippen LogP contribution in [-0.2, 0) is 9.53 Å². The van der Waals surface area contributed by atoms with Crippen LogP contribution in [-0.4, -0.2) is 38.2 Å². The second kappa shape index (κ2) is 8.25. The van der Waals surface area contributed by atoms with Crippen molar-refractivity contribution in [3.8, 4) is 17.6 Å². The lowest BCUT2D eigenvalue weighted by molar-refractivity contribution is -0.124. The molecule has 1 N–H and O–H groups in total. The third-order valence-electron chi connectivity index (χ3n) is 2.93. The van der Waals surface area contributed by atoms with E-state index in [1.807, 2.05) is 6.07 Å². The van der Waals surface area contributed by atoms with Gasteiger partial charge in [0.1, 0.15) is 0 Å². The van der Waals surface area contributed by atoms with Crippen LogP contribution in [0, 0.1) is 11.3 Å². The standard InChI is InChI=1S/C15H15ClN2O5/c16-11-7-10(8-12-14(11)22-6-2-5-21-12)15(20)23-9-13(19)18-4-1-3-17/h7-8H,1-2,4-6,9H2,(H,18,19). The van der Waals surface area contributed by atoms with Crippen LogP contribution >= 0.6 is 11.6 Å². The largest absolute Gasteiger partial charge is 0.489 e. The summed E-state index contributed by atoms with van der Waals surface area (Å²) in [6.45, 7) is 0.724. The van der Waals surface area contributed by atoms with E-state index in [9.17, 15) is 9.59 Å². The number of esters is 1. The van der Waals surface area contributed by atoms with E-state index < -0.39 is 18.5 Å². The van der Waals surface area contributed by atoms with E-state index in [2.05, 4.69) is 5.32 Å². The number of hydrogen-bond acceptors (Lipinski definition) is 6. The number of rotatable bonds is 5. The van der Waals surface area contributed by atoms with E-state index in [-0.39, 0.29) is 23.6 Å². The predicted molar refractivity (Wildman–Crippen MR) is 80.6 cm³/mol. The molecule has 7 nitrogen and oxygen atoms in total. The van der Waals surface area contributed by atoms with Gasteiger partial charge in [0.15, 0.2) is 18.1 Å². The molecule has 122 valence electrons. The van der Waals surface area contributed by atoms with Gasteiger partial charge in [-0.25, -0.2) is 4.79 Å². The Bertz CT molecular complexity index is 641. The molecule has 0 unspecified atom stereocenters. The highest BCUT2D eigenvalue weighted by Crippen LogP contribution is 2.38. The monoisotopic (exact) mass is 338 g/mol. The van der Waals surface area contributed by atoms with Gasteiger partial charge in [-0.3, -0.25) is 4.79 Å². The van der Waals surface area contributed by atoms with Gasteiger partial charge in [-0.2, -0.15) is 5.26 Å². The fourth-order valence-corrected chi connectivity index (χ4v) is 2.14. The van der Waals surface area contributed by atoms with Crippen molar-refractivity contribution in [1.82, 2.24) is 5.32 Å². The second-order valence-corrected chi connectivity index (χ2v) is 5.08. The van der Waals surface area contributed by atoms with Crippen molar-refractivity contribution in [2.24, 2.45) is 0 Å². The summed E-state index contributed by atoms with van der Waals surface area (Å²) >= 11 is 6.09. The molecule has 1 heterocycles. The molecule has 23 heavy (non-hydrogen) atoms. The Morgan fingerprint density at radius 3 is 2.91 bits per heavy atom. The first-order chi connectivity index (χ1) is 11.1. The van der Waals surface area contributed by atoms with Gasteiger partial charge in [-0.1, -0.05) is 11.6 Å². The minimum atomic E-state index is -0.696. The van der Waals surface area contributed by atoms with Crippen molar-refractivity contribution < 1.29 is 23.8 Å². The van der Waals surface area contributed by atoms with Crippen LogP contribution < -0.4 is 14.8 Å². The average molecular weight is 339 g/mol. The van der Waals surface area contributed by atoms with Gasteiger partial charge in [0, 0.05) is 13.0 Å². The molecule has 0 saturated carbocycles. The molecule has 0 bridgehead atoms. The summed E-state index contributed by atoms with van der Waals surface area (Å²) in [5.74, 6) is -0.401. The Kier molecular flexibility index (Phi) is 6.06. The lowest BCUT2D eigenvalue weighted by atomic mass is 10.2. The minimum Gasteiger partial charge on any atom is -0.489 e. The summed E-state index contributed by atoms with van der Waals surface area (Å²) in [4.78, 5) is 23.4. The molecule has 0 aliphatic carbocycles. The van der Waals surface area contributed by atoms with Crippen molar-refractivity contribution in [3.05, 3.63) is 22.7 Å². The maximum absolute atomic E-state index is 12.0. The smallest absolute Gasteiger partial charge is 0.338 e. The van der Waals surface area contributed by atoms with Crippen molar-refractivity contribution in [1.29, 1.82) is 5.26 Å². The Hall–Kier alpha value is -2.46. The van der Waals surface area contributed by atoms with Gasteiger partial charge in [-0.05, 0) is 12.1 Å². The topological polar surface area (TPSA) is 97.7 Å². The molecule has 0 saturated heterocycles. The molecule has 1 aromatic rings. The van der Waals surface area contributed by atoms with Crippen molar-refractivity contribution in [3.63, 3.8) is 0 Å². The Balaban J connectivity index is 1.97. The number of halogens is 1. The Morgan fingerprint density at radius 1 is 1.35 bits per heavy atom. The fourth-order valence-electron chi connectivity index (χ4n) is 1.87. The van der Waals surface area contributed by atoms with Crippen molar-refractivity contribution in [2.75, 3.05) is 26.4 Å². The zero-order chi connectivity index (χ0) is 16.7. The van der Waals surface area contributed by atoms with Gasteiger partial charge in [-0.15, -0.1) is 0 Å². The molecule has 1 amide bonds. The molecule has 1 aliphatic rings. The third kappa shape index (κ3) is 4.76. The Labute approximate surface area is 138 Å². The highest BCUT2D eigenvalue weighted by molar-refractivity contribution is 6.32. The normalized spacial score (nSPS) is 12.7. The van der Waals surface area contributed by atoms with Crippen molar-refractivity contribution in [2.45, 2.75) is 12.8 Å². The number of carbonyl (C=O) groups is 2. The maximum Gasteiger partial charge on any atom is 0.338 e. The highest BCUT2D eigenvalue weighted by Gasteiger charge is 2.19. The van der Waals surface area contributed by atoms with Crippen LogP contribution in [0.25, 0.3) is 0 Å². The number of nitrogens with zero attached hydrogens (tertiary/aromatic N) is 1. The number of carbonyl (C=O) groups excluding carboxylic acids is 2. The number of ether oxygens (including phenoxy) is 3. The maximum atomic E-state index is 12.0. The fraction of sp³-hybridized carbons (Fsp3) is 0.400. The van der Waals surface area contributed by atoms with E-state index >= 15 is 0 Å². The number of hydrogen-bond donors (Lipinski definition) is 1. The van der Waals surface area contributed by atoms with Crippen LogP contribution in [0.1, 0.15) is 23.2 Å². The van der Waals surface area contributed by atoms with E-state index in [4.69, 9.17) is 31.1 Å². The van der Waals surface area contributed by atoms with Crippen LogP contribution in [0.5, 0.6) is 11.5 Å². The first-order valence-corrected chi connectivity index (χ1v) is 7.39. The molecular formula is C15H15ClN2O5. The van der Waals surface area contributed by atoms with Gasteiger partial charge >= 0.3 is 5.97 Å². The third-order valence-corrected chi connectivity index (χ3v) is 3.21. The van der Waals surface area contributed by atoms with Gasteiger partial charge < -0.3 is 19.5 Å². The van der Waals surface area contributed by atoms with Crippen LogP contribution in [0.3, 0.4) is 0 Å². The number of amides is 1. The molecular weight excluding hydrogens is 324 g/mol. The molecule has 8 heteroatoms. The summed E-state index contributed by atoms with van der Waals surface area (Å²) in [5.41, 5.74) is 0.170. The van der Waals surface area contributed by atoms with Gasteiger partial charge in [0.2, 0.25) is 0 Å². The van der Waals surface area contributed by atoms with Gasteiger partial charge in [0.05, 0.1) is 36.3 Å². The molecule has 0 spiro atoms. The summed E-state index contributed by atoms with van der Waals surface area (Å²) in [7, 11) is 0. The summed E-state index contributed by atoms with van der Waals surface area (Å²) in [5, 5.41) is 11.1.